The maximum atomic E-state index is 14.0. The monoisotopic (exact) mass is 895 g/mol. The van der Waals surface area contributed by atoms with Gasteiger partial charge in [-0.1, -0.05) is 42.3 Å². The maximum absolute atomic E-state index is 14.0. The van der Waals surface area contributed by atoms with Gasteiger partial charge in [0.25, 0.3) is 21.6 Å². The molecule has 0 radical (unpaired) electrons. The van der Waals surface area contributed by atoms with Crippen molar-refractivity contribution in [3.8, 4) is 11.5 Å². The first-order chi connectivity index (χ1) is 30.4. The van der Waals surface area contributed by atoms with Gasteiger partial charge in [0.15, 0.2) is 0 Å². The molecule has 8 rings (SSSR count). The number of H-pyrrole nitrogens is 1. The highest BCUT2D eigenvalue weighted by molar-refractivity contribution is 7.90. The van der Waals surface area contributed by atoms with Crippen LogP contribution in [-0.2, 0) is 14.8 Å². The van der Waals surface area contributed by atoms with Crippen LogP contribution in [0.3, 0.4) is 0 Å². The van der Waals surface area contributed by atoms with Crippen LogP contribution in [0.2, 0.25) is 5.02 Å². The fourth-order valence-electron chi connectivity index (χ4n) is 9.31. The number of piperidine rings is 1. The number of nitro groups is 1. The molecule has 3 N–H and O–H groups in total. The lowest BCUT2D eigenvalue weighted by atomic mass is 9.84. The van der Waals surface area contributed by atoms with Gasteiger partial charge in [-0.25, -0.2) is 18.1 Å². The number of pyridine rings is 1. The molecule has 0 aliphatic carbocycles. The number of hydrogen-bond acceptors (Lipinski definition) is 11. The summed E-state index contributed by atoms with van der Waals surface area (Å²) in [6, 6.07) is 20.9. The molecule has 3 aliphatic rings. The van der Waals surface area contributed by atoms with Crippen molar-refractivity contribution < 1.29 is 27.6 Å². The number of ether oxygens (including phenoxy) is 2. The van der Waals surface area contributed by atoms with Crippen molar-refractivity contribution in [2.75, 3.05) is 56.2 Å². The number of amides is 1. The summed E-state index contributed by atoms with van der Waals surface area (Å²) in [7, 11) is -4.55. The van der Waals surface area contributed by atoms with Crippen molar-refractivity contribution in [2.24, 2.45) is 17.8 Å². The van der Waals surface area contributed by atoms with Crippen molar-refractivity contribution >= 4 is 55.6 Å². The van der Waals surface area contributed by atoms with Crippen LogP contribution in [0.4, 0.5) is 17.1 Å². The summed E-state index contributed by atoms with van der Waals surface area (Å²) in [5.41, 5.74) is 3.99. The predicted octanol–water partition coefficient (Wildman–Crippen LogP) is 9.51. The molecule has 2 saturated heterocycles. The summed E-state index contributed by atoms with van der Waals surface area (Å²) in [5.74, 6) is 0.720. The summed E-state index contributed by atoms with van der Waals surface area (Å²) >= 11 is 6.31. The Hall–Kier alpha value is -5.48. The predicted molar refractivity (Wildman–Crippen MR) is 245 cm³/mol. The molecule has 2 aromatic heterocycles. The molecule has 0 saturated carbocycles. The third kappa shape index (κ3) is 10.3. The molecule has 1 amide bonds. The number of halogens is 1. The fraction of sp³-hybridized carbons (Fsp3) is 0.404. The van der Waals surface area contributed by atoms with E-state index >= 15 is 0 Å². The van der Waals surface area contributed by atoms with Gasteiger partial charge in [0.1, 0.15) is 22.8 Å². The molecule has 332 valence electrons. The third-order valence-electron chi connectivity index (χ3n) is 12.8. The first-order valence-electron chi connectivity index (χ1n) is 21.8. The molecule has 63 heavy (non-hydrogen) atoms. The first-order valence-corrected chi connectivity index (χ1v) is 23.6. The van der Waals surface area contributed by atoms with Gasteiger partial charge in [-0.15, -0.1) is 0 Å². The Morgan fingerprint density at radius 1 is 1.00 bits per heavy atom. The average Bonchev–Trinajstić information content (AvgIpc) is 3.70. The van der Waals surface area contributed by atoms with Crippen molar-refractivity contribution in [2.45, 2.75) is 63.3 Å². The highest BCUT2D eigenvalue weighted by atomic mass is 35.5. The Bertz CT molecular complexity index is 2570. The normalized spacial score (nSPS) is 19.3. The molecule has 3 aliphatic heterocycles. The van der Waals surface area contributed by atoms with E-state index in [1.807, 2.05) is 18.2 Å². The van der Waals surface area contributed by atoms with E-state index in [9.17, 15) is 23.3 Å². The second-order valence-electron chi connectivity index (χ2n) is 16.8. The maximum Gasteiger partial charge on any atom is 0.293 e. The molecule has 0 bridgehead atoms. The number of sulfonamides is 1. The third-order valence-corrected chi connectivity index (χ3v) is 14.4. The highest BCUT2D eigenvalue weighted by Gasteiger charge is 2.34. The molecule has 3 aromatic carbocycles. The van der Waals surface area contributed by atoms with Gasteiger partial charge < -0.3 is 24.7 Å². The summed E-state index contributed by atoms with van der Waals surface area (Å²) in [6.07, 6.45) is 11.3. The summed E-state index contributed by atoms with van der Waals surface area (Å²) in [6.45, 7) is 9.81. The average molecular weight is 897 g/mol. The van der Waals surface area contributed by atoms with E-state index in [4.69, 9.17) is 21.1 Å². The van der Waals surface area contributed by atoms with E-state index in [1.54, 1.807) is 30.5 Å². The smallest absolute Gasteiger partial charge is 0.293 e. The number of nitrogens with one attached hydrogen (secondary N) is 3. The van der Waals surface area contributed by atoms with Gasteiger partial charge in [0, 0.05) is 86.4 Å². The largest absolute Gasteiger partial charge is 0.455 e. The van der Waals surface area contributed by atoms with Gasteiger partial charge in [0.05, 0.1) is 21.6 Å². The van der Waals surface area contributed by atoms with Crippen LogP contribution < -0.4 is 19.7 Å². The minimum atomic E-state index is -4.55. The van der Waals surface area contributed by atoms with E-state index < -0.39 is 31.4 Å². The van der Waals surface area contributed by atoms with Crippen LogP contribution in [0.15, 0.2) is 102 Å². The number of aromatic amines is 1. The lowest BCUT2D eigenvalue weighted by molar-refractivity contribution is -0.384. The Labute approximate surface area is 373 Å². The van der Waals surface area contributed by atoms with Crippen LogP contribution in [0.5, 0.6) is 11.5 Å². The van der Waals surface area contributed by atoms with E-state index in [1.165, 1.54) is 29.5 Å². The van der Waals surface area contributed by atoms with Gasteiger partial charge >= 0.3 is 0 Å². The Morgan fingerprint density at radius 2 is 1.78 bits per heavy atom. The van der Waals surface area contributed by atoms with E-state index in [2.05, 4.69) is 61.9 Å². The molecule has 1 unspecified atom stereocenters. The number of benzene rings is 3. The number of carbonyl (C=O) groups excluding carboxylic acids is 1. The van der Waals surface area contributed by atoms with Crippen LogP contribution in [0.25, 0.3) is 11.0 Å². The quantitative estimate of drug-likeness (QED) is 0.0551. The van der Waals surface area contributed by atoms with Crippen molar-refractivity contribution in [1.82, 2.24) is 19.6 Å². The van der Waals surface area contributed by atoms with Crippen molar-refractivity contribution in [3.05, 3.63) is 123 Å². The van der Waals surface area contributed by atoms with Gasteiger partial charge in [0.2, 0.25) is 0 Å². The number of rotatable bonds is 14. The summed E-state index contributed by atoms with van der Waals surface area (Å²) in [5, 5.41) is 16.7. The molecule has 14 nitrogen and oxygen atoms in total. The van der Waals surface area contributed by atoms with Gasteiger partial charge in [-0.05, 0) is 117 Å². The number of carbonyl (C=O) groups is 1. The minimum absolute atomic E-state index is 0.0283. The zero-order valence-corrected chi connectivity index (χ0v) is 37.2. The molecular weight excluding hydrogens is 842 g/mol. The number of nitrogens with zero attached hydrogens (tertiary/aromatic N) is 4. The van der Waals surface area contributed by atoms with Crippen LogP contribution in [0.1, 0.15) is 74.3 Å². The van der Waals surface area contributed by atoms with E-state index in [0.717, 1.165) is 86.9 Å². The molecule has 5 heterocycles. The van der Waals surface area contributed by atoms with Crippen LogP contribution in [0, 0.1) is 27.9 Å². The molecule has 2 fully saturated rings. The van der Waals surface area contributed by atoms with Crippen LogP contribution in [-0.4, -0.2) is 80.1 Å². The molecule has 16 heteroatoms. The second kappa shape index (κ2) is 19.5. The lowest BCUT2D eigenvalue weighted by Crippen LogP contribution is -2.41. The number of fused-ring (bicyclic) bond motifs is 1. The Kier molecular flexibility index (Phi) is 13.7. The molecule has 2 atom stereocenters. The summed E-state index contributed by atoms with van der Waals surface area (Å²) < 4.78 is 41.3. The number of hydrogen-bond donors (Lipinski definition) is 3. The Morgan fingerprint density at radius 3 is 2.52 bits per heavy atom. The van der Waals surface area contributed by atoms with Gasteiger partial charge in [-0.2, -0.15) is 0 Å². The fourth-order valence-corrected chi connectivity index (χ4v) is 10.4. The number of anilines is 2. The minimum Gasteiger partial charge on any atom is -0.455 e. The zero-order valence-electron chi connectivity index (χ0n) is 35.6. The Balaban J connectivity index is 0.996. The topological polar surface area (TPSA) is 172 Å². The second-order valence-corrected chi connectivity index (χ2v) is 19.0. The molecular formula is C47H54ClN7O7S. The number of aromatic nitrogens is 2. The highest BCUT2D eigenvalue weighted by Crippen LogP contribution is 2.40. The van der Waals surface area contributed by atoms with Gasteiger partial charge in [-0.3, -0.25) is 19.8 Å². The number of nitro benzene ring substituents is 1. The summed E-state index contributed by atoms with van der Waals surface area (Å²) in [4.78, 5) is 37.4. The first kappa shape index (κ1) is 44.1. The van der Waals surface area contributed by atoms with Crippen molar-refractivity contribution in [1.29, 1.82) is 0 Å². The SMILES string of the molecule is CCC1C(C)=CCCN(CC2CCN(c3ccc(C(=O)NS(=O)(=O)c4ccc(NCC5CCOCC5)c([N+](=O)[O-])c4)c(Oc4cnc5[nH]ccc5c4)c3)CC2)[C@H]1c1ccc(Cl)cc1. The molecule has 0 spiro atoms. The van der Waals surface area contributed by atoms with E-state index in [-0.39, 0.29) is 29.0 Å². The standard InChI is InChI=1S/C47H54ClN7O7S/c1-3-40-31(2)5-4-20-54(45(40)34-6-8-36(48)9-7-34)30-33-15-21-53(22-16-33)37-10-12-41(44(26-37)62-38-25-35-14-19-49-46(35)51-29-38)47(56)52-63(59,60)39-11-13-42(43(27-39)55(57)58)50-28-32-17-23-61-24-18-32/h5-14,19,25-27,29,32-33,40,45,50H,3-4,15-18,20-24,28,30H2,1-2H3,(H,49,51)(H,52,56)/t40?,45-/m0/s1. The van der Waals surface area contributed by atoms with E-state index in [0.29, 0.717) is 43.0 Å². The van der Waals surface area contributed by atoms with Crippen molar-refractivity contribution in [3.63, 3.8) is 0 Å². The molecule has 5 aromatic rings. The zero-order chi connectivity index (χ0) is 44.1. The van der Waals surface area contributed by atoms with Crippen LogP contribution >= 0.6 is 11.6 Å². The lowest BCUT2D eigenvalue weighted by Gasteiger charge is -2.41.